The van der Waals surface area contributed by atoms with Crippen molar-refractivity contribution in [3.8, 4) is 0 Å². The maximum absolute atomic E-state index is 13.6. The molecule has 0 bridgehead atoms. The first kappa shape index (κ1) is 11.1. The van der Waals surface area contributed by atoms with Gasteiger partial charge in [-0.2, -0.15) is 0 Å². The van der Waals surface area contributed by atoms with E-state index in [1.807, 2.05) is 12.1 Å². The third-order valence-corrected chi connectivity index (χ3v) is 3.04. The van der Waals surface area contributed by atoms with Gasteiger partial charge in [-0.25, -0.2) is 4.39 Å². The van der Waals surface area contributed by atoms with E-state index < -0.39 is 11.8 Å². The number of benzene rings is 2. The fourth-order valence-corrected chi connectivity index (χ4v) is 2.24. The summed E-state index contributed by atoms with van der Waals surface area (Å²) in [6.07, 6.45) is -0.306. The molecule has 0 atom stereocenters. The summed E-state index contributed by atoms with van der Waals surface area (Å²) in [7, 11) is 0. The van der Waals surface area contributed by atoms with Crippen LogP contribution in [0.4, 0.5) is 4.39 Å². The van der Waals surface area contributed by atoms with Crippen LogP contribution in [0.15, 0.2) is 34.8 Å². The van der Waals surface area contributed by atoms with Gasteiger partial charge < -0.3 is 5.11 Å². The minimum atomic E-state index is -1.04. The van der Waals surface area contributed by atoms with E-state index in [2.05, 4.69) is 15.9 Å². The molecule has 0 spiro atoms. The molecule has 4 heteroatoms. The van der Waals surface area contributed by atoms with Crippen LogP contribution >= 0.6 is 15.9 Å². The second-order valence-electron chi connectivity index (χ2n) is 3.43. The van der Waals surface area contributed by atoms with Gasteiger partial charge >= 0.3 is 5.97 Å². The predicted molar refractivity (Wildman–Crippen MR) is 62.9 cm³/mol. The van der Waals surface area contributed by atoms with Crippen molar-refractivity contribution >= 4 is 32.7 Å². The largest absolute Gasteiger partial charge is 0.481 e. The zero-order valence-corrected chi connectivity index (χ0v) is 9.79. The number of carboxylic acid groups (broad SMARTS) is 1. The second-order valence-corrected chi connectivity index (χ2v) is 4.29. The van der Waals surface area contributed by atoms with Gasteiger partial charge in [0.1, 0.15) is 5.82 Å². The second kappa shape index (κ2) is 4.22. The highest BCUT2D eigenvalue weighted by molar-refractivity contribution is 9.10. The molecule has 0 aromatic heterocycles. The quantitative estimate of drug-likeness (QED) is 0.917. The van der Waals surface area contributed by atoms with E-state index in [-0.39, 0.29) is 12.0 Å². The lowest BCUT2D eigenvalue weighted by Gasteiger charge is -2.07. The highest BCUT2D eigenvalue weighted by Crippen LogP contribution is 2.29. The molecule has 0 amide bonds. The molecule has 0 heterocycles. The van der Waals surface area contributed by atoms with Gasteiger partial charge in [-0.05, 0) is 16.8 Å². The number of halogens is 2. The van der Waals surface area contributed by atoms with E-state index in [0.717, 1.165) is 5.39 Å². The van der Waals surface area contributed by atoms with Crippen molar-refractivity contribution in [1.82, 2.24) is 0 Å². The van der Waals surface area contributed by atoms with Crippen molar-refractivity contribution in [2.45, 2.75) is 6.42 Å². The van der Waals surface area contributed by atoms with E-state index in [0.29, 0.717) is 9.86 Å². The van der Waals surface area contributed by atoms with E-state index >= 15 is 0 Å². The lowest BCUT2D eigenvalue weighted by atomic mass is 10.0. The third-order valence-electron chi connectivity index (χ3n) is 2.38. The molecule has 1 N–H and O–H groups in total. The van der Waals surface area contributed by atoms with Gasteiger partial charge in [0.25, 0.3) is 0 Å². The van der Waals surface area contributed by atoms with Gasteiger partial charge in [-0.3, -0.25) is 4.79 Å². The SMILES string of the molecule is O=C(O)Cc1c(F)cc(Br)c2ccccc12. The van der Waals surface area contributed by atoms with Gasteiger partial charge in [0.2, 0.25) is 0 Å². The van der Waals surface area contributed by atoms with Crippen molar-refractivity contribution in [3.05, 3.63) is 46.2 Å². The summed E-state index contributed by atoms with van der Waals surface area (Å²) < 4.78 is 14.3. The molecule has 2 rings (SSSR count). The Morgan fingerprint density at radius 1 is 1.31 bits per heavy atom. The molecule has 0 aliphatic rings. The minimum absolute atomic E-state index is 0.228. The van der Waals surface area contributed by atoms with Crippen molar-refractivity contribution in [2.24, 2.45) is 0 Å². The molecule has 2 nitrogen and oxygen atoms in total. The zero-order chi connectivity index (χ0) is 11.7. The molecular formula is C12H8BrFO2. The number of rotatable bonds is 2. The van der Waals surface area contributed by atoms with E-state index in [4.69, 9.17) is 5.11 Å². The van der Waals surface area contributed by atoms with Crippen LogP contribution in [-0.4, -0.2) is 11.1 Å². The Morgan fingerprint density at radius 3 is 2.56 bits per heavy atom. The number of hydrogen-bond donors (Lipinski definition) is 1. The number of carboxylic acids is 1. The maximum atomic E-state index is 13.6. The molecule has 0 saturated carbocycles. The monoisotopic (exact) mass is 282 g/mol. The average Bonchev–Trinajstić information content (AvgIpc) is 2.24. The third kappa shape index (κ3) is 1.93. The Bertz CT molecular complexity index is 566. The van der Waals surface area contributed by atoms with Crippen LogP contribution < -0.4 is 0 Å². The highest BCUT2D eigenvalue weighted by atomic mass is 79.9. The van der Waals surface area contributed by atoms with E-state index in [1.54, 1.807) is 12.1 Å². The summed E-state index contributed by atoms with van der Waals surface area (Å²) in [6.45, 7) is 0. The maximum Gasteiger partial charge on any atom is 0.307 e. The highest BCUT2D eigenvalue weighted by Gasteiger charge is 2.13. The van der Waals surface area contributed by atoms with Crippen LogP contribution in [0.5, 0.6) is 0 Å². The molecule has 0 radical (unpaired) electrons. The Kier molecular flexibility index (Phi) is 2.92. The summed E-state index contributed by atoms with van der Waals surface area (Å²) in [5, 5.41) is 10.2. The lowest BCUT2D eigenvalue weighted by molar-refractivity contribution is -0.136. The Morgan fingerprint density at radius 2 is 1.94 bits per heavy atom. The smallest absolute Gasteiger partial charge is 0.307 e. The normalized spacial score (nSPS) is 10.6. The summed E-state index contributed by atoms with van der Waals surface area (Å²) in [5.74, 6) is -1.53. The fourth-order valence-electron chi connectivity index (χ4n) is 1.69. The average molecular weight is 283 g/mol. The molecule has 16 heavy (non-hydrogen) atoms. The molecule has 0 aliphatic carbocycles. The number of hydrogen-bond acceptors (Lipinski definition) is 1. The molecule has 0 unspecified atom stereocenters. The van der Waals surface area contributed by atoms with Crippen molar-refractivity contribution in [1.29, 1.82) is 0 Å². The predicted octanol–water partition coefficient (Wildman–Crippen LogP) is 3.37. The van der Waals surface area contributed by atoms with Gasteiger partial charge in [-0.15, -0.1) is 0 Å². The summed E-state index contributed by atoms with van der Waals surface area (Å²) in [4.78, 5) is 10.7. The molecule has 0 saturated heterocycles. The van der Waals surface area contributed by atoms with Gasteiger partial charge in [0.05, 0.1) is 6.42 Å². The van der Waals surface area contributed by atoms with E-state index in [1.165, 1.54) is 6.07 Å². The molecule has 0 fully saturated rings. The Balaban J connectivity index is 2.76. The summed E-state index contributed by atoms with van der Waals surface area (Å²) >= 11 is 3.26. The van der Waals surface area contributed by atoms with E-state index in [9.17, 15) is 9.18 Å². The first-order valence-electron chi connectivity index (χ1n) is 4.67. The van der Waals surface area contributed by atoms with Crippen LogP contribution in [-0.2, 0) is 11.2 Å². The van der Waals surface area contributed by atoms with Crippen LogP contribution in [0.2, 0.25) is 0 Å². The van der Waals surface area contributed by atoms with Crippen molar-refractivity contribution < 1.29 is 14.3 Å². The number of fused-ring (bicyclic) bond motifs is 1. The number of aliphatic carboxylic acids is 1. The van der Waals surface area contributed by atoms with Gasteiger partial charge in [0, 0.05) is 10.0 Å². The van der Waals surface area contributed by atoms with Crippen LogP contribution in [0.25, 0.3) is 10.8 Å². The van der Waals surface area contributed by atoms with Crippen LogP contribution in [0.3, 0.4) is 0 Å². The summed E-state index contributed by atoms with van der Waals surface area (Å²) in [5.41, 5.74) is 0.228. The first-order valence-corrected chi connectivity index (χ1v) is 5.46. The molecule has 2 aromatic carbocycles. The molecular weight excluding hydrogens is 275 g/mol. The standard InChI is InChI=1S/C12H8BrFO2/c13-10-6-11(14)9(5-12(15)16)7-3-1-2-4-8(7)10/h1-4,6H,5H2,(H,15,16). The van der Waals surface area contributed by atoms with Crippen LogP contribution in [0, 0.1) is 5.82 Å². The minimum Gasteiger partial charge on any atom is -0.481 e. The Hall–Kier alpha value is -1.42. The zero-order valence-electron chi connectivity index (χ0n) is 8.21. The fraction of sp³-hybridized carbons (Fsp3) is 0.0833. The summed E-state index contributed by atoms with van der Waals surface area (Å²) in [6, 6.07) is 8.45. The number of carbonyl (C=O) groups is 1. The van der Waals surface area contributed by atoms with Crippen molar-refractivity contribution in [2.75, 3.05) is 0 Å². The first-order chi connectivity index (χ1) is 7.59. The molecule has 82 valence electrons. The van der Waals surface area contributed by atoms with Gasteiger partial charge in [0.15, 0.2) is 0 Å². The Labute approximate surface area is 99.8 Å². The topological polar surface area (TPSA) is 37.3 Å². The van der Waals surface area contributed by atoms with Crippen LogP contribution in [0.1, 0.15) is 5.56 Å². The van der Waals surface area contributed by atoms with Crippen molar-refractivity contribution in [3.63, 3.8) is 0 Å². The molecule has 0 aliphatic heterocycles. The molecule has 2 aromatic rings. The lowest BCUT2D eigenvalue weighted by Crippen LogP contribution is -2.03. The van der Waals surface area contributed by atoms with Gasteiger partial charge in [-0.1, -0.05) is 40.2 Å².